The number of nitrogens with one attached hydrogen (secondary N) is 1. The number of halogens is 1. The second kappa shape index (κ2) is 5.67. The van der Waals surface area contributed by atoms with Crippen LogP contribution in [0.3, 0.4) is 0 Å². The Kier molecular flexibility index (Phi) is 4.17. The van der Waals surface area contributed by atoms with Gasteiger partial charge in [-0.1, -0.05) is 6.07 Å². The molecule has 1 fully saturated rings. The lowest BCUT2D eigenvalue weighted by atomic mass is 9.83. The first kappa shape index (κ1) is 14.0. The molecule has 0 spiro atoms. The predicted octanol–water partition coefficient (Wildman–Crippen LogP) is 1.37. The third-order valence-corrected chi connectivity index (χ3v) is 3.49. The van der Waals surface area contributed by atoms with Gasteiger partial charge in [-0.3, -0.25) is 4.79 Å². The Labute approximate surface area is 112 Å². The van der Waals surface area contributed by atoms with Gasteiger partial charge in [0.1, 0.15) is 5.82 Å². The minimum atomic E-state index is -0.421. The molecule has 4 nitrogen and oxygen atoms in total. The van der Waals surface area contributed by atoms with Crippen LogP contribution in [0, 0.1) is 12.7 Å². The van der Waals surface area contributed by atoms with E-state index in [1.54, 1.807) is 13.0 Å². The summed E-state index contributed by atoms with van der Waals surface area (Å²) >= 11 is 0. The molecule has 0 heterocycles. The van der Waals surface area contributed by atoms with Crippen LogP contribution in [0.25, 0.3) is 0 Å². The molecule has 0 radical (unpaired) electrons. The van der Waals surface area contributed by atoms with Gasteiger partial charge in [0.05, 0.1) is 12.1 Å². The molecule has 1 aliphatic carbocycles. The molecule has 3 atom stereocenters. The van der Waals surface area contributed by atoms with Crippen molar-refractivity contribution in [2.24, 2.45) is 5.73 Å². The van der Waals surface area contributed by atoms with Crippen molar-refractivity contribution in [3.63, 3.8) is 0 Å². The first-order valence-electron chi connectivity index (χ1n) is 6.47. The highest BCUT2D eigenvalue weighted by atomic mass is 19.1. The van der Waals surface area contributed by atoms with Gasteiger partial charge in [-0.2, -0.15) is 0 Å². The zero-order valence-corrected chi connectivity index (χ0v) is 11.2. The van der Waals surface area contributed by atoms with Crippen LogP contribution >= 0.6 is 0 Å². The average Bonchev–Trinajstić information content (AvgIpc) is 2.38. The van der Waals surface area contributed by atoms with Gasteiger partial charge in [-0.25, -0.2) is 4.39 Å². The summed E-state index contributed by atoms with van der Waals surface area (Å²) in [4.78, 5) is 12.1. The minimum Gasteiger partial charge on any atom is -0.376 e. The predicted molar refractivity (Wildman–Crippen MR) is 70.4 cm³/mol. The van der Waals surface area contributed by atoms with E-state index in [-0.39, 0.29) is 24.1 Å². The molecule has 2 rings (SSSR count). The number of carbonyl (C=O) groups excluding carboxylic acids is 1. The Morgan fingerprint density at radius 1 is 1.58 bits per heavy atom. The zero-order chi connectivity index (χ0) is 14.0. The van der Waals surface area contributed by atoms with Crippen LogP contribution in [0.4, 0.5) is 4.39 Å². The van der Waals surface area contributed by atoms with Crippen LogP contribution in [0.1, 0.15) is 29.3 Å². The van der Waals surface area contributed by atoms with Crippen LogP contribution < -0.4 is 11.1 Å². The van der Waals surface area contributed by atoms with Gasteiger partial charge < -0.3 is 15.8 Å². The highest BCUT2D eigenvalue weighted by Crippen LogP contribution is 2.23. The summed E-state index contributed by atoms with van der Waals surface area (Å²) in [5.74, 6) is -0.725. The molecular formula is C14H19FN2O2. The van der Waals surface area contributed by atoms with E-state index in [9.17, 15) is 9.18 Å². The van der Waals surface area contributed by atoms with E-state index >= 15 is 0 Å². The van der Waals surface area contributed by atoms with Crippen molar-refractivity contribution in [3.8, 4) is 0 Å². The summed E-state index contributed by atoms with van der Waals surface area (Å²) < 4.78 is 18.7. The van der Waals surface area contributed by atoms with Crippen LogP contribution in [-0.2, 0) is 4.74 Å². The van der Waals surface area contributed by atoms with Crippen molar-refractivity contribution in [1.29, 1.82) is 0 Å². The number of hydrogen-bond acceptors (Lipinski definition) is 3. The first-order chi connectivity index (χ1) is 9.02. The Morgan fingerprint density at radius 3 is 2.95 bits per heavy atom. The van der Waals surface area contributed by atoms with Crippen molar-refractivity contribution in [1.82, 2.24) is 5.32 Å². The van der Waals surface area contributed by atoms with Gasteiger partial charge in [-0.15, -0.1) is 0 Å². The molecule has 5 heteroatoms. The van der Waals surface area contributed by atoms with Crippen molar-refractivity contribution < 1.29 is 13.9 Å². The lowest BCUT2D eigenvalue weighted by molar-refractivity contribution is -0.0300. The van der Waals surface area contributed by atoms with Crippen molar-refractivity contribution >= 4 is 5.91 Å². The van der Waals surface area contributed by atoms with Crippen LogP contribution in [0.2, 0.25) is 0 Å². The molecule has 1 aromatic rings. The highest BCUT2D eigenvalue weighted by Gasteiger charge is 2.40. The Hall–Kier alpha value is -1.46. The summed E-state index contributed by atoms with van der Waals surface area (Å²) in [6.07, 6.45) is 0.693. The molecular weight excluding hydrogens is 247 g/mol. The largest absolute Gasteiger partial charge is 0.376 e. The zero-order valence-electron chi connectivity index (χ0n) is 11.2. The molecule has 0 aromatic heterocycles. The standard InChI is InChI=1S/C14H19FN2O2/c1-3-19-12-7-11(16)13(12)17-14(18)10-6-9(15)5-4-8(10)2/h4-6,11-13H,3,7,16H2,1-2H3,(H,17,18). The Balaban J connectivity index is 2.06. The number of benzene rings is 1. The molecule has 1 aromatic carbocycles. The van der Waals surface area contributed by atoms with Crippen LogP contribution in [0.5, 0.6) is 0 Å². The number of nitrogens with two attached hydrogens (primary N) is 1. The summed E-state index contributed by atoms with van der Waals surface area (Å²) in [6.45, 7) is 4.26. The van der Waals surface area contributed by atoms with E-state index in [1.807, 2.05) is 6.92 Å². The number of carbonyl (C=O) groups is 1. The van der Waals surface area contributed by atoms with E-state index in [2.05, 4.69) is 5.32 Å². The number of hydrogen-bond donors (Lipinski definition) is 2. The molecule has 0 aliphatic heterocycles. The van der Waals surface area contributed by atoms with E-state index in [4.69, 9.17) is 10.5 Å². The maximum Gasteiger partial charge on any atom is 0.252 e. The monoisotopic (exact) mass is 266 g/mol. The third-order valence-electron chi connectivity index (χ3n) is 3.49. The molecule has 3 unspecified atom stereocenters. The fourth-order valence-electron chi connectivity index (χ4n) is 2.30. The molecule has 3 N–H and O–H groups in total. The molecule has 1 amide bonds. The fourth-order valence-corrected chi connectivity index (χ4v) is 2.30. The number of rotatable bonds is 4. The molecule has 0 bridgehead atoms. The summed E-state index contributed by atoms with van der Waals surface area (Å²) in [7, 11) is 0. The van der Waals surface area contributed by atoms with Gasteiger partial charge in [0.25, 0.3) is 5.91 Å². The maximum atomic E-state index is 13.2. The average molecular weight is 266 g/mol. The molecule has 104 valence electrons. The van der Waals surface area contributed by atoms with Crippen molar-refractivity contribution in [3.05, 3.63) is 35.1 Å². The first-order valence-corrected chi connectivity index (χ1v) is 6.47. The Morgan fingerprint density at radius 2 is 2.32 bits per heavy atom. The van der Waals surface area contributed by atoms with E-state index in [0.29, 0.717) is 12.2 Å². The van der Waals surface area contributed by atoms with Crippen LogP contribution in [0.15, 0.2) is 18.2 Å². The van der Waals surface area contributed by atoms with Gasteiger partial charge in [0.2, 0.25) is 0 Å². The lowest BCUT2D eigenvalue weighted by Gasteiger charge is -2.42. The van der Waals surface area contributed by atoms with E-state index < -0.39 is 5.82 Å². The van der Waals surface area contributed by atoms with Gasteiger partial charge in [0.15, 0.2) is 0 Å². The van der Waals surface area contributed by atoms with Crippen LogP contribution in [-0.4, -0.2) is 30.7 Å². The maximum absolute atomic E-state index is 13.2. The number of amides is 1. The smallest absolute Gasteiger partial charge is 0.252 e. The van der Waals surface area contributed by atoms with E-state index in [0.717, 1.165) is 12.0 Å². The molecule has 1 saturated carbocycles. The van der Waals surface area contributed by atoms with Gasteiger partial charge in [-0.05, 0) is 38.0 Å². The SMILES string of the molecule is CCOC1CC(N)C1NC(=O)c1cc(F)ccc1C. The van der Waals surface area contributed by atoms with E-state index in [1.165, 1.54) is 12.1 Å². The van der Waals surface area contributed by atoms with Crippen molar-refractivity contribution in [2.75, 3.05) is 6.61 Å². The topological polar surface area (TPSA) is 64.3 Å². The summed E-state index contributed by atoms with van der Waals surface area (Å²) in [6, 6.07) is 3.86. The minimum absolute atomic E-state index is 0.0437. The van der Waals surface area contributed by atoms with Gasteiger partial charge in [0, 0.05) is 18.2 Å². The second-order valence-electron chi connectivity index (χ2n) is 4.85. The summed E-state index contributed by atoms with van der Waals surface area (Å²) in [5.41, 5.74) is 6.95. The summed E-state index contributed by atoms with van der Waals surface area (Å²) in [5, 5.41) is 2.83. The number of ether oxygens (including phenoxy) is 1. The second-order valence-corrected chi connectivity index (χ2v) is 4.85. The van der Waals surface area contributed by atoms with Crippen molar-refractivity contribution in [2.45, 2.75) is 38.5 Å². The lowest BCUT2D eigenvalue weighted by Crippen LogP contribution is -2.64. The highest BCUT2D eigenvalue weighted by molar-refractivity contribution is 5.96. The quantitative estimate of drug-likeness (QED) is 0.865. The Bertz CT molecular complexity index is 477. The molecule has 1 aliphatic rings. The van der Waals surface area contributed by atoms with Gasteiger partial charge >= 0.3 is 0 Å². The fraction of sp³-hybridized carbons (Fsp3) is 0.500. The molecule has 19 heavy (non-hydrogen) atoms. The molecule has 0 saturated heterocycles. The third kappa shape index (κ3) is 2.93. The number of aryl methyl sites for hydroxylation is 1. The normalized spacial score (nSPS) is 25.8.